The zero-order valence-electron chi connectivity index (χ0n) is 19.1. The second-order valence-electron chi connectivity index (χ2n) is 8.96. The number of amides is 2. The van der Waals surface area contributed by atoms with Gasteiger partial charge in [0.15, 0.2) is 5.65 Å². The molecule has 3 aromatic heterocycles. The van der Waals surface area contributed by atoms with Crippen molar-refractivity contribution in [2.75, 3.05) is 39.4 Å². The van der Waals surface area contributed by atoms with Crippen molar-refractivity contribution >= 4 is 34.2 Å². The second-order valence-corrected chi connectivity index (χ2v) is 9.90. The molecule has 5 heterocycles. The lowest BCUT2D eigenvalue weighted by Gasteiger charge is -2.35. The first kappa shape index (κ1) is 22.0. The molecule has 5 rings (SSSR count). The minimum Gasteiger partial charge on any atom is -0.378 e. The van der Waals surface area contributed by atoms with Crippen molar-refractivity contribution in [3.8, 4) is 10.6 Å². The van der Waals surface area contributed by atoms with E-state index in [1.807, 2.05) is 38.1 Å². The number of pyridine rings is 1. The number of aromatic nitrogens is 3. The fourth-order valence-corrected chi connectivity index (χ4v) is 5.35. The zero-order valence-corrected chi connectivity index (χ0v) is 19.9. The molecule has 0 atom stereocenters. The van der Waals surface area contributed by atoms with Crippen LogP contribution in [0.4, 0.5) is 0 Å². The number of likely N-dealkylation sites (tertiary alicyclic amines) is 1. The first-order chi connectivity index (χ1) is 16.0. The molecule has 9 heteroatoms. The summed E-state index contributed by atoms with van der Waals surface area (Å²) in [5.74, 6) is 0.172. The van der Waals surface area contributed by atoms with Gasteiger partial charge in [0.2, 0.25) is 5.91 Å². The number of ether oxygens (including phenoxy) is 1. The molecular weight excluding hydrogens is 438 g/mol. The van der Waals surface area contributed by atoms with Crippen molar-refractivity contribution in [1.29, 1.82) is 0 Å². The highest BCUT2D eigenvalue weighted by molar-refractivity contribution is 7.13. The first-order valence-electron chi connectivity index (χ1n) is 11.6. The van der Waals surface area contributed by atoms with Crippen molar-refractivity contribution in [1.82, 2.24) is 24.6 Å². The van der Waals surface area contributed by atoms with E-state index in [0.29, 0.717) is 57.8 Å². The minimum atomic E-state index is -0.0185. The van der Waals surface area contributed by atoms with Gasteiger partial charge in [0.1, 0.15) is 0 Å². The van der Waals surface area contributed by atoms with Crippen LogP contribution in [0.3, 0.4) is 0 Å². The van der Waals surface area contributed by atoms with Crippen molar-refractivity contribution in [3.05, 3.63) is 35.3 Å². The van der Waals surface area contributed by atoms with Crippen LogP contribution in [0.15, 0.2) is 29.8 Å². The van der Waals surface area contributed by atoms with E-state index in [1.165, 1.54) is 0 Å². The van der Waals surface area contributed by atoms with Crippen molar-refractivity contribution < 1.29 is 14.3 Å². The molecule has 174 valence electrons. The van der Waals surface area contributed by atoms with Crippen LogP contribution in [0.5, 0.6) is 0 Å². The minimum absolute atomic E-state index is 0.0132. The summed E-state index contributed by atoms with van der Waals surface area (Å²) in [6.45, 7) is 7.82. The smallest absolute Gasteiger partial charge is 0.254 e. The van der Waals surface area contributed by atoms with Gasteiger partial charge < -0.3 is 14.5 Å². The summed E-state index contributed by atoms with van der Waals surface area (Å²) in [4.78, 5) is 36.2. The van der Waals surface area contributed by atoms with E-state index in [1.54, 1.807) is 17.5 Å². The molecule has 2 aliphatic rings. The van der Waals surface area contributed by atoms with Crippen molar-refractivity contribution in [3.63, 3.8) is 0 Å². The van der Waals surface area contributed by atoms with Crippen LogP contribution in [-0.2, 0) is 9.53 Å². The number of hydrogen-bond acceptors (Lipinski definition) is 6. The summed E-state index contributed by atoms with van der Waals surface area (Å²) in [5.41, 5.74) is 2.16. The van der Waals surface area contributed by atoms with Gasteiger partial charge in [-0.3, -0.25) is 9.59 Å². The van der Waals surface area contributed by atoms with E-state index in [9.17, 15) is 9.59 Å². The Hall–Kier alpha value is -2.78. The van der Waals surface area contributed by atoms with E-state index in [0.717, 1.165) is 21.6 Å². The molecule has 8 nitrogen and oxygen atoms in total. The van der Waals surface area contributed by atoms with Crippen LogP contribution in [-0.4, -0.2) is 75.8 Å². The van der Waals surface area contributed by atoms with Gasteiger partial charge in [0, 0.05) is 38.1 Å². The Morgan fingerprint density at radius 3 is 2.55 bits per heavy atom. The van der Waals surface area contributed by atoms with Gasteiger partial charge in [-0.15, -0.1) is 11.3 Å². The largest absolute Gasteiger partial charge is 0.378 e. The van der Waals surface area contributed by atoms with Gasteiger partial charge in [0.05, 0.1) is 40.9 Å². The third-order valence-electron chi connectivity index (χ3n) is 6.51. The molecule has 0 aromatic carbocycles. The van der Waals surface area contributed by atoms with Crippen LogP contribution >= 0.6 is 11.3 Å². The van der Waals surface area contributed by atoms with Gasteiger partial charge in [-0.2, -0.15) is 5.10 Å². The Kier molecular flexibility index (Phi) is 6.16. The molecule has 0 radical (unpaired) electrons. The monoisotopic (exact) mass is 467 g/mol. The van der Waals surface area contributed by atoms with E-state index in [2.05, 4.69) is 18.9 Å². The summed E-state index contributed by atoms with van der Waals surface area (Å²) in [6.07, 6.45) is 3.14. The summed E-state index contributed by atoms with van der Waals surface area (Å²) >= 11 is 1.61. The van der Waals surface area contributed by atoms with Gasteiger partial charge in [-0.25, -0.2) is 9.67 Å². The van der Waals surface area contributed by atoms with Gasteiger partial charge in [-0.05, 0) is 44.2 Å². The number of carbonyl (C=O) groups is 2. The van der Waals surface area contributed by atoms with Gasteiger partial charge >= 0.3 is 0 Å². The predicted molar refractivity (Wildman–Crippen MR) is 127 cm³/mol. The Labute approximate surface area is 197 Å². The summed E-state index contributed by atoms with van der Waals surface area (Å²) in [5, 5.41) is 7.31. The number of fused-ring (bicyclic) bond motifs is 1. The maximum absolute atomic E-state index is 13.6. The normalized spacial score (nSPS) is 17.8. The number of rotatable bonds is 4. The number of morpholine rings is 1. The SMILES string of the molecule is CC(C)n1ncc2c(C(=O)N3CCC(C(=O)N4CCOCC4)CC3)cc(-c3cccs3)nc21. The van der Waals surface area contributed by atoms with Crippen molar-refractivity contribution in [2.24, 2.45) is 5.92 Å². The standard InChI is InChI=1S/C24H29N5O3S/c1-16(2)29-22-19(15-25-29)18(14-20(26-22)21-4-3-13-33-21)24(31)27-7-5-17(6-8-27)23(30)28-9-11-32-12-10-28/h3-4,13-17H,5-12H2,1-2H3. The van der Waals surface area contributed by atoms with Crippen LogP contribution in [0.2, 0.25) is 0 Å². The van der Waals surface area contributed by atoms with Gasteiger partial charge in [0.25, 0.3) is 5.91 Å². The average Bonchev–Trinajstić information content (AvgIpc) is 3.53. The molecule has 3 aromatic rings. The lowest BCUT2D eigenvalue weighted by molar-refractivity contribution is -0.141. The molecule has 0 bridgehead atoms. The van der Waals surface area contributed by atoms with Crippen molar-refractivity contribution in [2.45, 2.75) is 32.7 Å². The molecule has 0 spiro atoms. The summed E-state index contributed by atoms with van der Waals surface area (Å²) < 4.78 is 7.24. The molecule has 0 unspecified atom stereocenters. The molecular formula is C24H29N5O3S. The number of piperidine rings is 1. The summed E-state index contributed by atoms with van der Waals surface area (Å²) in [7, 11) is 0. The Bertz CT molecular complexity index is 1140. The molecule has 0 saturated carbocycles. The summed E-state index contributed by atoms with van der Waals surface area (Å²) in [6, 6.07) is 6.04. The number of hydrogen-bond donors (Lipinski definition) is 0. The predicted octanol–water partition coefficient (Wildman–Crippen LogP) is 3.45. The number of thiophene rings is 1. The zero-order chi connectivity index (χ0) is 22.9. The van der Waals surface area contributed by atoms with E-state index in [4.69, 9.17) is 9.72 Å². The molecule has 2 fully saturated rings. The Balaban J connectivity index is 1.39. The number of carbonyl (C=O) groups excluding carboxylic acids is 2. The molecule has 2 aliphatic heterocycles. The lowest BCUT2D eigenvalue weighted by atomic mass is 9.94. The lowest BCUT2D eigenvalue weighted by Crippen LogP contribution is -2.47. The molecule has 33 heavy (non-hydrogen) atoms. The highest BCUT2D eigenvalue weighted by Gasteiger charge is 2.32. The fraction of sp³-hybridized carbons (Fsp3) is 0.500. The molecule has 2 saturated heterocycles. The van der Waals surface area contributed by atoms with Gasteiger partial charge in [-0.1, -0.05) is 6.07 Å². The Morgan fingerprint density at radius 2 is 1.88 bits per heavy atom. The van der Waals surface area contributed by atoms with E-state index < -0.39 is 0 Å². The highest BCUT2D eigenvalue weighted by Crippen LogP contribution is 2.30. The topological polar surface area (TPSA) is 80.6 Å². The van der Waals surface area contributed by atoms with Crippen LogP contribution in [0, 0.1) is 5.92 Å². The number of nitrogens with zero attached hydrogens (tertiary/aromatic N) is 5. The molecule has 0 N–H and O–H groups in total. The van der Waals surface area contributed by atoms with Crippen LogP contribution < -0.4 is 0 Å². The van der Waals surface area contributed by atoms with Crippen LogP contribution in [0.1, 0.15) is 43.1 Å². The average molecular weight is 468 g/mol. The molecule has 0 aliphatic carbocycles. The third-order valence-corrected chi connectivity index (χ3v) is 7.41. The third kappa shape index (κ3) is 4.27. The first-order valence-corrected chi connectivity index (χ1v) is 12.5. The quantitative estimate of drug-likeness (QED) is 0.587. The maximum Gasteiger partial charge on any atom is 0.254 e. The van der Waals surface area contributed by atoms with Crippen LogP contribution in [0.25, 0.3) is 21.6 Å². The second kappa shape index (κ2) is 9.23. The van der Waals surface area contributed by atoms with E-state index in [-0.39, 0.29) is 23.8 Å². The maximum atomic E-state index is 13.6. The fourth-order valence-electron chi connectivity index (χ4n) is 4.67. The van der Waals surface area contributed by atoms with E-state index >= 15 is 0 Å². The Morgan fingerprint density at radius 1 is 1.12 bits per heavy atom. The molecule has 2 amide bonds. The highest BCUT2D eigenvalue weighted by atomic mass is 32.1.